The Labute approximate surface area is 88.9 Å². The molecule has 0 aliphatic rings. The van der Waals surface area contributed by atoms with Crippen molar-refractivity contribution in [2.45, 2.75) is 13.0 Å². The van der Waals surface area contributed by atoms with Gasteiger partial charge in [-0.15, -0.1) is 0 Å². The molecule has 1 rings (SSSR count). The summed E-state index contributed by atoms with van der Waals surface area (Å²) in [5.74, 6) is 0. The molecule has 1 atom stereocenters. The van der Waals surface area contributed by atoms with Crippen LogP contribution in [0.25, 0.3) is 4.85 Å². The largest absolute Gasteiger partial charge is 0.309 e. The fourth-order valence-electron chi connectivity index (χ4n) is 0.974. The number of nitrogens with zero attached hydrogens (tertiary/aromatic N) is 1. The van der Waals surface area contributed by atoms with Gasteiger partial charge in [-0.1, -0.05) is 37.9 Å². The molecule has 0 aliphatic carbocycles. The minimum Gasteiger partial charge on any atom is -0.309 e. The van der Waals surface area contributed by atoms with Crippen LogP contribution in [0.3, 0.4) is 0 Å². The molecule has 0 N–H and O–H groups in total. The van der Waals surface area contributed by atoms with Gasteiger partial charge in [-0.3, -0.25) is 0 Å². The van der Waals surface area contributed by atoms with E-state index < -0.39 is 0 Å². The summed E-state index contributed by atoms with van der Waals surface area (Å²) in [6.07, 6.45) is 0. The van der Waals surface area contributed by atoms with Crippen molar-refractivity contribution in [3.05, 3.63) is 44.1 Å². The third-order valence-electron chi connectivity index (χ3n) is 1.61. The highest BCUT2D eigenvalue weighted by atomic mass is 79.9. The van der Waals surface area contributed by atoms with Gasteiger partial charge in [0.15, 0.2) is 0 Å². The summed E-state index contributed by atoms with van der Waals surface area (Å²) in [7, 11) is 0. The van der Waals surface area contributed by atoms with E-state index in [2.05, 4.69) is 36.7 Å². The second-order valence-electron chi connectivity index (χ2n) is 2.44. The Morgan fingerprint density at radius 1 is 1.33 bits per heavy atom. The normalized spacial score (nSPS) is 12.2. The smallest absolute Gasteiger partial charge is 0.248 e. The van der Waals surface area contributed by atoms with Crippen LogP contribution in [0.4, 0.5) is 0 Å². The summed E-state index contributed by atoms with van der Waals surface area (Å²) in [6.45, 7) is 8.81. The Balaban J connectivity index is 3.23. The van der Waals surface area contributed by atoms with Gasteiger partial charge in [-0.2, -0.15) is 0 Å². The van der Waals surface area contributed by atoms with E-state index in [9.17, 15) is 0 Å². The number of rotatable bonds is 1. The zero-order valence-electron chi connectivity index (χ0n) is 6.51. The van der Waals surface area contributed by atoms with Crippen molar-refractivity contribution in [1.29, 1.82) is 0 Å². The van der Waals surface area contributed by atoms with Crippen LogP contribution in [0, 0.1) is 6.57 Å². The second kappa shape index (κ2) is 4.06. The first kappa shape index (κ1) is 9.76. The maximum atomic E-state index is 6.92. The molecule has 0 bridgehead atoms. The average molecular weight is 289 g/mol. The minimum absolute atomic E-state index is 0.102. The third-order valence-corrected chi connectivity index (χ3v) is 2.99. The van der Waals surface area contributed by atoms with E-state index in [0.717, 1.165) is 14.5 Å². The van der Waals surface area contributed by atoms with E-state index in [0.29, 0.717) is 0 Å². The zero-order chi connectivity index (χ0) is 9.14. The molecule has 0 spiro atoms. The first-order chi connectivity index (χ1) is 5.66. The number of benzene rings is 1. The molecule has 0 aliphatic heterocycles. The molecule has 0 amide bonds. The predicted octanol–water partition coefficient (Wildman–Crippen LogP) is 4.19. The van der Waals surface area contributed by atoms with Crippen LogP contribution >= 0.6 is 31.9 Å². The van der Waals surface area contributed by atoms with Gasteiger partial charge < -0.3 is 4.85 Å². The van der Waals surface area contributed by atoms with Gasteiger partial charge >= 0.3 is 0 Å². The highest BCUT2D eigenvalue weighted by Crippen LogP contribution is 2.32. The quantitative estimate of drug-likeness (QED) is 0.683. The molecule has 62 valence electrons. The van der Waals surface area contributed by atoms with Gasteiger partial charge in [0.05, 0.1) is 5.56 Å². The molecule has 12 heavy (non-hydrogen) atoms. The van der Waals surface area contributed by atoms with Crippen LogP contribution in [0.15, 0.2) is 27.1 Å². The average Bonchev–Trinajstić information content (AvgIpc) is 2.03. The van der Waals surface area contributed by atoms with Crippen molar-refractivity contribution < 1.29 is 0 Å². The Bertz CT molecular complexity index is 308. The molecular formula is C9H7Br2N. The van der Waals surface area contributed by atoms with Crippen molar-refractivity contribution >= 4 is 31.9 Å². The first-order valence-electron chi connectivity index (χ1n) is 3.47. The third kappa shape index (κ3) is 1.88. The number of halogens is 2. The lowest BCUT2D eigenvalue weighted by Crippen LogP contribution is -1.90. The van der Waals surface area contributed by atoms with E-state index in [4.69, 9.17) is 6.57 Å². The van der Waals surface area contributed by atoms with Crippen molar-refractivity contribution in [3.63, 3.8) is 0 Å². The zero-order valence-corrected chi connectivity index (χ0v) is 9.68. The summed E-state index contributed by atoms with van der Waals surface area (Å²) in [6, 6.07) is 5.73. The number of hydrogen-bond donors (Lipinski definition) is 0. The van der Waals surface area contributed by atoms with Crippen LogP contribution in [0.5, 0.6) is 0 Å². The van der Waals surface area contributed by atoms with Gasteiger partial charge in [-0.05, 0) is 12.1 Å². The molecule has 1 unspecified atom stereocenters. The van der Waals surface area contributed by atoms with E-state index >= 15 is 0 Å². The maximum Gasteiger partial charge on any atom is 0.248 e. The summed E-state index contributed by atoms with van der Waals surface area (Å²) in [4.78, 5) is 3.47. The van der Waals surface area contributed by atoms with Crippen LogP contribution in [0.2, 0.25) is 0 Å². The molecule has 0 fully saturated rings. The lowest BCUT2D eigenvalue weighted by atomic mass is 10.1. The fourth-order valence-corrected chi connectivity index (χ4v) is 2.64. The van der Waals surface area contributed by atoms with Crippen LogP contribution in [-0.4, -0.2) is 0 Å². The van der Waals surface area contributed by atoms with Crippen LogP contribution < -0.4 is 0 Å². The molecule has 0 heterocycles. The minimum atomic E-state index is -0.102. The van der Waals surface area contributed by atoms with Gasteiger partial charge in [0.1, 0.15) is 0 Å². The van der Waals surface area contributed by atoms with Gasteiger partial charge in [0.25, 0.3) is 0 Å². The standard InChI is InChI=1S/C9H7Br2N/c1-6(12-2)9-7(10)4-3-5-8(9)11/h3-6H,1H3. The van der Waals surface area contributed by atoms with Gasteiger partial charge in [0, 0.05) is 15.9 Å². The van der Waals surface area contributed by atoms with Crippen molar-refractivity contribution in [2.24, 2.45) is 0 Å². The Hall–Kier alpha value is -0.330. The van der Waals surface area contributed by atoms with E-state index in [1.165, 1.54) is 0 Å². The van der Waals surface area contributed by atoms with Crippen molar-refractivity contribution in [2.75, 3.05) is 0 Å². The van der Waals surface area contributed by atoms with E-state index in [1.54, 1.807) is 0 Å². The fraction of sp³-hybridized carbons (Fsp3) is 0.222. The van der Waals surface area contributed by atoms with Crippen molar-refractivity contribution in [3.8, 4) is 0 Å². The van der Waals surface area contributed by atoms with Gasteiger partial charge in [0.2, 0.25) is 6.04 Å². The second-order valence-corrected chi connectivity index (χ2v) is 4.15. The SMILES string of the molecule is [C-]#[N+]C(C)c1c(Br)cccc1Br. The molecule has 1 aromatic rings. The van der Waals surface area contributed by atoms with E-state index in [-0.39, 0.29) is 6.04 Å². The highest BCUT2D eigenvalue weighted by Gasteiger charge is 2.15. The molecule has 1 aromatic carbocycles. The molecule has 0 saturated heterocycles. The Morgan fingerprint density at radius 3 is 2.25 bits per heavy atom. The molecular weight excluding hydrogens is 282 g/mol. The van der Waals surface area contributed by atoms with Crippen LogP contribution in [-0.2, 0) is 0 Å². The van der Waals surface area contributed by atoms with Crippen molar-refractivity contribution in [1.82, 2.24) is 0 Å². The summed E-state index contributed by atoms with van der Waals surface area (Å²) < 4.78 is 1.97. The lowest BCUT2D eigenvalue weighted by Gasteiger charge is -2.04. The molecule has 0 radical (unpaired) electrons. The summed E-state index contributed by atoms with van der Waals surface area (Å²) >= 11 is 6.83. The lowest BCUT2D eigenvalue weighted by molar-refractivity contribution is 0.946. The topological polar surface area (TPSA) is 4.36 Å². The Morgan fingerprint density at radius 2 is 1.83 bits per heavy atom. The van der Waals surface area contributed by atoms with E-state index in [1.807, 2.05) is 25.1 Å². The molecule has 1 nitrogen and oxygen atoms in total. The Kier molecular flexibility index (Phi) is 3.30. The first-order valence-corrected chi connectivity index (χ1v) is 5.06. The van der Waals surface area contributed by atoms with Crippen LogP contribution in [0.1, 0.15) is 18.5 Å². The molecule has 0 saturated carbocycles. The summed E-state index contributed by atoms with van der Waals surface area (Å²) in [5.41, 5.74) is 1.02. The highest BCUT2D eigenvalue weighted by molar-refractivity contribution is 9.11. The van der Waals surface area contributed by atoms with Gasteiger partial charge in [-0.25, -0.2) is 6.57 Å². The molecule has 0 aromatic heterocycles. The molecule has 3 heteroatoms. The summed E-state index contributed by atoms with van der Waals surface area (Å²) in [5, 5.41) is 0. The predicted molar refractivity (Wildman–Crippen MR) is 56.9 cm³/mol. The monoisotopic (exact) mass is 287 g/mol. The number of hydrogen-bond acceptors (Lipinski definition) is 0. The maximum absolute atomic E-state index is 6.92.